The fraction of sp³-hybridized carbons (Fsp3) is 0.400. The van der Waals surface area contributed by atoms with Crippen LogP contribution in [-0.4, -0.2) is 16.4 Å². The highest BCUT2D eigenvalue weighted by Gasteiger charge is 2.07. The van der Waals surface area contributed by atoms with E-state index in [1.54, 1.807) is 13.8 Å². The van der Waals surface area contributed by atoms with Crippen LogP contribution in [0.25, 0.3) is 0 Å². The van der Waals surface area contributed by atoms with Crippen molar-refractivity contribution < 1.29 is 10.2 Å². The van der Waals surface area contributed by atoms with Gasteiger partial charge in [-0.2, -0.15) is 0 Å². The maximum atomic E-state index is 9.40. The average molecular weight is 181 g/mol. The van der Waals surface area contributed by atoms with E-state index in [1.807, 2.05) is 24.3 Å². The van der Waals surface area contributed by atoms with Crippen molar-refractivity contribution in [3.8, 4) is 0 Å². The second-order valence-corrected chi connectivity index (χ2v) is 3.08. The minimum Gasteiger partial charge on any atom is -0.389 e. The lowest BCUT2D eigenvalue weighted by Gasteiger charge is -2.15. The van der Waals surface area contributed by atoms with Gasteiger partial charge in [-0.25, -0.2) is 0 Å². The number of aliphatic hydroxyl groups excluding tert-OH is 2. The van der Waals surface area contributed by atoms with Gasteiger partial charge in [0.05, 0.1) is 6.10 Å². The Balaban J connectivity index is 2.91. The number of nitrogens with one attached hydrogen (secondary N) is 1. The minimum absolute atomic E-state index is 0.526. The molecule has 0 saturated heterocycles. The van der Waals surface area contributed by atoms with Gasteiger partial charge in [0.25, 0.3) is 0 Å². The first-order chi connectivity index (χ1) is 6.11. The van der Waals surface area contributed by atoms with Gasteiger partial charge in [-0.3, -0.25) is 0 Å². The molecule has 0 spiro atoms. The third-order valence-electron chi connectivity index (χ3n) is 1.78. The molecule has 3 nitrogen and oxygen atoms in total. The molecule has 3 heteroatoms. The normalized spacial score (nSPS) is 15.1. The molecule has 1 rings (SSSR count). The van der Waals surface area contributed by atoms with Crippen molar-refractivity contribution in [1.82, 2.24) is 0 Å². The van der Waals surface area contributed by atoms with Crippen LogP contribution in [0, 0.1) is 0 Å². The molecule has 72 valence electrons. The van der Waals surface area contributed by atoms with E-state index in [0.29, 0.717) is 0 Å². The first-order valence-electron chi connectivity index (χ1n) is 4.33. The van der Waals surface area contributed by atoms with E-state index in [1.165, 1.54) is 0 Å². The molecule has 0 fully saturated rings. The van der Waals surface area contributed by atoms with Gasteiger partial charge < -0.3 is 15.5 Å². The standard InChI is InChI=1S/C10H15NO2/c1-7(12)9-5-3-4-6-10(9)11-8(2)13/h3-8,11-13H,1-2H3. The number of aliphatic hydroxyl groups is 2. The van der Waals surface area contributed by atoms with Crippen molar-refractivity contribution in [2.75, 3.05) is 5.32 Å². The van der Waals surface area contributed by atoms with E-state index in [2.05, 4.69) is 5.32 Å². The van der Waals surface area contributed by atoms with Crippen LogP contribution in [0.3, 0.4) is 0 Å². The van der Waals surface area contributed by atoms with Crippen molar-refractivity contribution in [3.63, 3.8) is 0 Å². The lowest BCUT2D eigenvalue weighted by Crippen LogP contribution is -2.15. The van der Waals surface area contributed by atoms with Gasteiger partial charge in [-0.1, -0.05) is 18.2 Å². The zero-order chi connectivity index (χ0) is 9.84. The Bertz CT molecular complexity index is 271. The van der Waals surface area contributed by atoms with Crippen LogP contribution in [0.5, 0.6) is 0 Å². The zero-order valence-corrected chi connectivity index (χ0v) is 7.86. The molecular weight excluding hydrogens is 166 g/mol. The van der Waals surface area contributed by atoms with Crippen molar-refractivity contribution in [2.45, 2.75) is 26.2 Å². The van der Waals surface area contributed by atoms with Crippen LogP contribution < -0.4 is 5.32 Å². The van der Waals surface area contributed by atoms with Gasteiger partial charge in [-0.05, 0) is 19.9 Å². The molecule has 3 N–H and O–H groups in total. The van der Waals surface area contributed by atoms with E-state index >= 15 is 0 Å². The summed E-state index contributed by atoms with van der Waals surface area (Å²) in [6.07, 6.45) is -1.14. The number of anilines is 1. The van der Waals surface area contributed by atoms with Crippen LogP contribution in [-0.2, 0) is 0 Å². The van der Waals surface area contributed by atoms with E-state index < -0.39 is 12.3 Å². The van der Waals surface area contributed by atoms with E-state index in [-0.39, 0.29) is 0 Å². The van der Waals surface area contributed by atoms with Gasteiger partial charge in [0.2, 0.25) is 0 Å². The van der Waals surface area contributed by atoms with E-state index in [0.717, 1.165) is 11.3 Å². The summed E-state index contributed by atoms with van der Waals surface area (Å²) >= 11 is 0. The summed E-state index contributed by atoms with van der Waals surface area (Å²) in [7, 11) is 0. The third-order valence-corrected chi connectivity index (χ3v) is 1.78. The summed E-state index contributed by atoms with van der Waals surface area (Å²) in [5.74, 6) is 0. The highest BCUT2D eigenvalue weighted by atomic mass is 16.3. The number of benzene rings is 1. The van der Waals surface area contributed by atoms with Crippen LogP contribution in [0.4, 0.5) is 5.69 Å². The molecule has 0 radical (unpaired) electrons. The van der Waals surface area contributed by atoms with Crippen LogP contribution in [0.2, 0.25) is 0 Å². The molecule has 0 aliphatic carbocycles. The molecule has 13 heavy (non-hydrogen) atoms. The quantitative estimate of drug-likeness (QED) is 0.619. The van der Waals surface area contributed by atoms with Gasteiger partial charge in [0.15, 0.2) is 0 Å². The van der Waals surface area contributed by atoms with Crippen molar-refractivity contribution in [3.05, 3.63) is 29.8 Å². The van der Waals surface area contributed by atoms with Crippen LogP contribution in [0.15, 0.2) is 24.3 Å². The predicted molar refractivity (Wildman–Crippen MR) is 52.4 cm³/mol. The Morgan fingerprint density at radius 1 is 1.15 bits per heavy atom. The number of rotatable bonds is 3. The third kappa shape index (κ3) is 2.72. The summed E-state index contributed by atoms with van der Waals surface area (Å²) in [6, 6.07) is 7.37. The lowest BCUT2D eigenvalue weighted by atomic mass is 10.1. The van der Waals surface area contributed by atoms with Gasteiger partial charge in [0.1, 0.15) is 6.23 Å². The molecule has 0 bridgehead atoms. The van der Waals surface area contributed by atoms with Gasteiger partial charge in [-0.15, -0.1) is 0 Å². The van der Waals surface area contributed by atoms with Gasteiger partial charge in [0, 0.05) is 11.3 Å². The Kier molecular flexibility index (Phi) is 3.28. The minimum atomic E-state index is -0.611. The first-order valence-corrected chi connectivity index (χ1v) is 4.33. The molecule has 0 amide bonds. The molecule has 0 aliphatic heterocycles. The van der Waals surface area contributed by atoms with Crippen LogP contribution >= 0.6 is 0 Å². The van der Waals surface area contributed by atoms with Crippen molar-refractivity contribution >= 4 is 5.69 Å². The Morgan fingerprint density at radius 3 is 2.31 bits per heavy atom. The Morgan fingerprint density at radius 2 is 1.77 bits per heavy atom. The fourth-order valence-electron chi connectivity index (χ4n) is 1.22. The molecule has 0 aliphatic rings. The van der Waals surface area contributed by atoms with E-state index in [4.69, 9.17) is 5.11 Å². The Labute approximate surface area is 78.0 Å². The number of hydrogen-bond donors (Lipinski definition) is 3. The predicted octanol–water partition coefficient (Wildman–Crippen LogP) is 1.49. The molecule has 2 unspecified atom stereocenters. The molecule has 1 aromatic rings. The van der Waals surface area contributed by atoms with Crippen LogP contribution in [0.1, 0.15) is 25.5 Å². The average Bonchev–Trinajstić information content (AvgIpc) is 2.03. The highest BCUT2D eigenvalue weighted by molar-refractivity contribution is 5.52. The SMILES string of the molecule is CC(O)Nc1ccccc1C(C)O. The lowest BCUT2D eigenvalue weighted by molar-refractivity contribution is 0.198. The Hall–Kier alpha value is -1.06. The molecule has 2 atom stereocenters. The maximum absolute atomic E-state index is 9.40. The maximum Gasteiger partial charge on any atom is 0.121 e. The largest absolute Gasteiger partial charge is 0.389 e. The summed E-state index contributed by atoms with van der Waals surface area (Å²) in [4.78, 5) is 0. The zero-order valence-electron chi connectivity index (χ0n) is 7.86. The molecular formula is C10H15NO2. The molecule has 1 aromatic carbocycles. The van der Waals surface area contributed by atoms with E-state index in [9.17, 15) is 5.11 Å². The first kappa shape index (κ1) is 10.0. The number of hydrogen-bond acceptors (Lipinski definition) is 3. The van der Waals surface area contributed by atoms with Crippen molar-refractivity contribution in [1.29, 1.82) is 0 Å². The smallest absolute Gasteiger partial charge is 0.121 e. The number of para-hydroxylation sites is 1. The summed E-state index contributed by atoms with van der Waals surface area (Å²) in [5, 5.41) is 21.4. The molecule has 0 aromatic heterocycles. The molecule has 0 saturated carbocycles. The van der Waals surface area contributed by atoms with Gasteiger partial charge >= 0.3 is 0 Å². The highest BCUT2D eigenvalue weighted by Crippen LogP contribution is 2.22. The van der Waals surface area contributed by atoms with Crippen molar-refractivity contribution in [2.24, 2.45) is 0 Å². The topological polar surface area (TPSA) is 52.5 Å². The fourth-order valence-corrected chi connectivity index (χ4v) is 1.22. The monoisotopic (exact) mass is 181 g/mol. The second kappa shape index (κ2) is 4.25. The second-order valence-electron chi connectivity index (χ2n) is 3.08. The molecule has 0 heterocycles. The summed E-state index contributed by atoms with van der Waals surface area (Å²) in [6.45, 7) is 3.33. The summed E-state index contributed by atoms with van der Waals surface area (Å²) < 4.78 is 0. The summed E-state index contributed by atoms with van der Waals surface area (Å²) in [5.41, 5.74) is 1.57.